The molecule has 1 aliphatic rings. The standard InChI is InChI=1S/C13H22N2O/c1-4-7-13(16)15(11(2)3)10-12-8-5-6-9-14-12/h11-12,14H,5-6,8-10H2,1-3H3. The zero-order chi connectivity index (χ0) is 12.0. The van der Waals surface area contributed by atoms with Gasteiger partial charge < -0.3 is 10.2 Å². The molecule has 0 saturated carbocycles. The fraction of sp³-hybridized carbons (Fsp3) is 0.769. The molecule has 1 rings (SSSR count). The second-order valence-electron chi connectivity index (χ2n) is 4.57. The molecule has 1 N–H and O–H groups in total. The van der Waals surface area contributed by atoms with Crippen molar-refractivity contribution in [1.29, 1.82) is 0 Å². The van der Waals surface area contributed by atoms with E-state index in [4.69, 9.17) is 0 Å². The summed E-state index contributed by atoms with van der Waals surface area (Å²) in [5.74, 6) is 5.25. The molecule has 16 heavy (non-hydrogen) atoms. The van der Waals surface area contributed by atoms with E-state index < -0.39 is 0 Å². The third kappa shape index (κ3) is 3.86. The SMILES string of the molecule is CC#CC(=O)N(CC1CCCCN1)C(C)C. The van der Waals surface area contributed by atoms with E-state index in [1.807, 2.05) is 18.7 Å². The first-order valence-corrected chi connectivity index (χ1v) is 6.12. The van der Waals surface area contributed by atoms with E-state index in [0.29, 0.717) is 6.04 Å². The Labute approximate surface area is 98.6 Å². The Kier molecular flexibility index (Phi) is 5.34. The number of rotatable bonds is 3. The van der Waals surface area contributed by atoms with Gasteiger partial charge in [-0.15, -0.1) is 0 Å². The van der Waals surface area contributed by atoms with E-state index in [0.717, 1.165) is 19.5 Å². The van der Waals surface area contributed by atoms with Crippen molar-refractivity contribution in [2.24, 2.45) is 0 Å². The molecule has 0 aromatic carbocycles. The lowest BCUT2D eigenvalue weighted by molar-refractivity contribution is -0.127. The first kappa shape index (κ1) is 13.1. The van der Waals surface area contributed by atoms with Crippen molar-refractivity contribution in [3.63, 3.8) is 0 Å². The Balaban J connectivity index is 2.55. The molecule has 3 nitrogen and oxygen atoms in total. The highest BCUT2D eigenvalue weighted by atomic mass is 16.2. The van der Waals surface area contributed by atoms with Crippen LogP contribution in [0.15, 0.2) is 0 Å². The van der Waals surface area contributed by atoms with Gasteiger partial charge in [0.15, 0.2) is 0 Å². The predicted octanol–water partition coefficient (Wildman–Crippen LogP) is 1.39. The van der Waals surface area contributed by atoms with E-state index in [-0.39, 0.29) is 11.9 Å². The van der Waals surface area contributed by atoms with Gasteiger partial charge >= 0.3 is 0 Å². The number of hydrogen-bond donors (Lipinski definition) is 1. The van der Waals surface area contributed by atoms with Crippen molar-refractivity contribution in [2.75, 3.05) is 13.1 Å². The molecule has 1 fully saturated rings. The van der Waals surface area contributed by atoms with Crippen LogP contribution in [0.2, 0.25) is 0 Å². The largest absolute Gasteiger partial charge is 0.328 e. The number of nitrogens with zero attached hydrogens (tertiary/aromatic N) is 1. The molecule has 1 saturated heterocycles. The minimum absolute atomic E-state index is 0.0510. The van der Waals surface area contributed by atoms with Crippen LogP contribution in [-0.2, 0) is 4.79 Å². The minimum Gasteiger partial charge on any atom is -0.328 e. The molecule has 1 atom stereocenters. The first-order chi connectivity index (χ1) is 7.65. The third-order valence-electron chi connectivity index (χ3n) is 2.95. The Bertz CT molecular complexity index is 282. The van der Waals surface area contributed by atoms with Gasteiger partial charge in [0.2, 0.25) is 0 Å². The smallest absolute Gasteiger partial charge is 0.298 e. The van der Waals surface area contributed by atoms with Gasteiger partial charge in [-0.2, -0.15) is 0 Å². The number of carbonyl (C=O) groups excluding carboxylic acids is 1. The van der Waals surface area contributed by atoms with Crippen LogP contribution in [0.1, 0.15) is 40.0 Å². The highest BCUT2D eigenvalue weighted by Gasteiger charge is 2.21. The first-order valence-electron chi connectivity index (χ1n) is 6.12. The molecule has 1 aliphatic heterocycles. The number of piperidine rings is 1. The van der Waals surface area contributed by atoms with Crippen LogP contribution >= 0.6 is 0 Å². The molecule has 1 amide bonds. The van der Waals surface area contributed by atoms with Gasteiger partial charge in [0.05, 0.1) is 0 Å². The van der Waals surface area contributed by atoms with Gasteiger partial charge in [0.1, 0.15) is 0 Å². The lowest BCUT2D eigenvalue weighted by Crippen LogP contribution is -2.48. The van der Waals surface area contributed by atoms with Gasteiger partial charge in [-0.25, -0.2) is 0 Å². The van der Waals surface area contributed by atoms with Crippen LogP contribution in [0.4, 0.5) is 0 Å². The monoisotopic (exact) mass is 222 g/mol. The van der Waals surface area contributed by atoms with Gasteiger partial charge in [-0.1, -0.05) is 12.3 Å². The zero-order valence-corrected chi connectivity index (χ0v) is 10.5. The second-order valence-corrected chi connectivity index (χ2v) is 4.57. The fourth-order valence-corrected chi connectivity index (χ4v) is 2.02. The molecule has 1 heterocycles. The van der Waals surface area contributed by atoms with Crippen molar-refractivity contribution < 1.29 is 4.79 Å². The summed E-state index contributed by atoms with van der Waals surface area (Å²) in [6.07, 6.45) is 3.67. The highest BCUT2D eigenvalue weighted by Crippen LogP contribution is 2.10. The van der Waals surface area contributed by atoms with Gasteiger partial charge in [-0.05, 0) is 46.1 Å². The minimum atomic E-state index is -0.0510. The summed E-state index contributed by atoms with van der Waals surface area (Å²) >= 11 is 0. The summed E-state index contributed by atoms with van der Waals surface area (Å²) in [7, 11) is 0. The second kappa shape index (κ2) is 6.55. The molecule has 90 valence electrons. The van der Waals surface area contributed by atoms with E-state index in [1.165, 1.54) is 12.8 Å². The maximum absolute atomic E-state index is 11.8. The van der Waals surface area contributed by atoms with Crippen LogP contribution in [0.25, 0.3) is 0 Å². The van der Waals surface area contributed by atoms with E-state index in [2.05, 4.69) is 17.2 Å². The molecule has 0 aromatic heterocycles. The maximum Gasteiger partial charge on any atom is 0.298 e. The summed E-state index contributed by atoms with van der Waals surface area (Å²) in [6.45, 7) is 7.64. The summed E-state index contributed by atoms with van der Waals surface area (Å²) in [5.41, 5.74) is 0. The number of amides is 1. The molecule has 3 heteroatoms. The molecule has 0 radical (unpaired) electrons. The number of hydrogen-bond acceptors (Lipinski definition) is 2. The van der Waals surface area contributed by atoms with Crippen molar-refractivity contribution in [1.82, 2.24) is 10.2 Å². The Hall–Kier alpha value is -1.01. The van der Waals surface area contributed by atoms with Gasteiger partial charge in [0, 0.05) is 18.6 Å². The Morgan fingerprint density at radius 2 is 2.25 bits per heavy atom. The summed E-state index contributed by atoms with van der Waals surface area (Å²) < 4.78 is 0. The average molecular weight is 222 g/mol. The van der Waals surface area contributed by atoms with E-state index in [1.54, 1.807) is 6.92 Å². The van der Waals surface area contributed by atoms with Crippen molar-refractivity contribution in [2.45, 2.75) is 52.1 Å². The van der Waals surface area contributed by atoms with Crippen LogP contribution in [0, 0.1) is 11.8 Å². The quantitative estimate of drug-likeness (QED) is 0.732. The fourth-order valence-electron chi connectivity index (χ4n) is 2.02. The van der Waals surface area contributed by atoms with Crippen molar-refractivity contribution in [3.8, 4) is 11.8 Å². The van der Waals surface area contributed by atoms with Gasteiger partial charge in [0.25, 0.3) is 5.91 Å². The molecule has 0 aromatic rings. The summed E-state index contributed by atoms with van der Waals surface area (Å²) in [6, 6.07) is 0.663. The highest BCUT2D eigenvalue weighted by molar-refractivity contribution is 5.93. The number of nitrogens with one attached hydrogen (secondary N) is 1. The van der Waals surface area contributed by atoms with E-state index >= 15 is 0 Å². The van der Waals surface area contributed by atoms with Gasteiger partial charge in [-0.3, -0.25) is 4.79 Å². The van der Waals surface area contributed by atoms with Crippen LogP contribution in [-0.4, -0.2) is 36.0 Å². The maximum atomic E-state index is 11.8. The van der Waals surface area contributed by atoms with Crippen molar-refractivity contribution >= 4 is 5.91 Å². The van der Waals surface area contributed by atoms with Crippen LogP contribution < -0.4 is 5.32 Å². The van der Waals surface area contributed by atoms with Crippen LogP contribution in [0.5, 0.6) is 0 Å². The summed E-state index contributed by atoms with van der Waals surface area (Å²) in [4.78, 5) is 13.6. The topological polar surface area (TPSA) is 32.3 Å². The Morgan fingerprint density at radius 1 is 1.50 bits per heavy atom. The molecular formula is C13H22N2O. The Morgan fingerprint density at radius 3 is 2.75 bits per heavy atom. The molecule has 0 spiro atoms. The molecular weight excluding hydrogens is 200 g/mol. The lowest BCUT2D eigenvalue weighted by atomic mass is 10.0. The van der Waals surface area contributed by atoms with Crippen molar-refractivity contribution in [3.05, 3.63) is 0 Å². The summed E-state index contributed by atoms with van der Waals surface area (Å²) in [5, 5.41) is 3.46. The number of carbonyl (C=O) groups is 1. The molecule has 0 aliphatic carbocycles. The lowest BCUT2D eigenvalue weighted by Gasteiger charge is -2.32. The molecule has 0 bridgehead atoms. The predicted molar refractivity (Wildman–Crippen MR) is 65.9 cm³/mol. The van der Waals surface area contributed by atoms with E-state index in [9.17, 15) is 4.79 Å². The normalized spacial score (nSPS) is 20.1. The zero-order valence-electron chi connectivity index (χ0n) is 10.5. The van der Waals surface area contributed by atoms with Crippen LogP contribution in [0.3, 0.4) is 0 Å². The molecule has 1 unspecified atom stereocenters. The average Bonchev–Trinajstić information content (AvgIpc) is 2.27. The third-order valence-corrected chi connectivity index (χ3v) is 2.95.